The summed E-state index contributed by atoms with van der Waals surface area (Å²) in [6.07, 6.45) is 0. The summed E-state index contributed by atoms with van der Waals surface area (Å²) in [5.41, 5.74) is 1.24. The highest BCUT2D eigenvalue weighted by atomic mass is 35.6. The number of ether oxygens (including phenoxy) is 2. The van der Waals surface area contributed by atoms with Crippen molar-refractivity contribution in [1.29, 1.82) is 0 Å². The summed E-state index contributed by atoms with van der Waals surface area (Å²) < 4.78 is 2.64. The molecular weight excluding hydrogens is 830 g/mol. The highest BCUT2D eigenvalue weighted by molar-refractivity contribution is 6.68. The molecule has 8 nitrogen and oxygen atoms in total. The largest absolute Gasteiger partial charge is 0.497 e. The zero-order valence-corrected chi connectivity index (χ0v) is 30.7. The number of benzene rings is 2. The third-order valence-electron chi connectivity index (χ3n) is 4.98. The van der Waals surface area contributed by atoms with Gasteiger partial charge in [-0.25, -0.2) is 29.9 Å². The maximum atomic E-state index is 5.82. The molecule has 0 bridgehead atoms. The fourth-order valence-electron chi connectivity index (χ4n) is 3.00. The molecule has 0 aliphatic carbocycles. The van der Waals surface area contributed by atoms with E-state index in [1.165, 1.54) is 0 Å². The standard InChI is InChI=1S/2C12H7Cl6N3O/c2*1-22-7-4-2-6(3-5-7)8-19-9(11(13,14)15)21-10(20-8)12(16,17)18/h2*2-5H,1H3. The second kappa shape index (κ2) is 15.2. The first-order chi connectivity index (χ1) is 20.2. The Bertz CT molecular complexity index is 1390. The first kappa shape index (κ1) is 38.0. The minimum atomic E-state index is -1.88. The zero-order chi connectivity index (χ0) is 33.1. The van der Waals surface area contributed by atoms with Gasteiger partial charge in [0.2, 0.25) is 15.2 Å². The summed E-state index contributed by atoms with van der Waals surface area (Å²) in [5.74, 6) is 1.20. The van der Waals surface area contributed by atoms with Crippen molar-refractivity contribution in [2.45, 2.75) is 15.2 Å². The van der Waals surface area contributed by atoms with Gasteiger partial charge in [-0.05, 0) is 48.5 Å². The van der Waals surface area contributed by atoms with Crippen molar-refractivity contribution >= 4 is 139 Å². The number of methoxy groups -OCH3 is 2. The lowest BCUT2D eigenvalue weighted by atomic mass is 10.2. The highest BCUT2D eigenvalue weighted by Crippen LogP contribution is 2.42. The summed E-state index contributed by atoms with van der Waals surface area (Å²) in [6, 6.07) is 13.8. The van der Waals surface area contributed by atoms with E-state index in [1.807, 2.05) is 0 Å². The molecule has 236 valence electrons. The minimum absolute atomic E-state index is 0.139. The van der Waals surface area contributed by atoms with Crippen LogP contribution in [0, 0.1) is 0 Å². The molecule has 4 rings (SSSR count). The van der Waals surface area contributed by atoms with Gasteiger partial charge in [0.1, 0.15) is 11.5 Å². The molecule has 0 fully saturated rings. The lowest BCUT2D eigenvalue weighted by molar-refractivity contribution is 0.414. The van der Waals surface area contributed by atoms with Crippen LogP contribution in [0.25, 0.3) is 22.8 Å². The second-order valence-corrected chi connectivity index (χ2v) is 17.2. The van der Waals surface area contributed by atoms with Gasteiger partial charge in [0.25, 0.3) is 0 Å². The van der Waals surface area contributed by atoms with Gasteiger partial charge in [-0.1, -0.05) is 139 Å². The molecule has 0 saturated carbocycles. The number of hydrogen-bond donors (Lipinski definition) is 0. The number of halogens is 12. The molecule has 20 heteroatoms. The van der Waals surface area contributed by atoms with E-state index in [2.05, 4.69) is 29.9 Å². The Morgan fingerprint density at radius 3 is 0.795 bits per heavy atom. The number of alkyl halides is 12. The van der Waals surface area contributed by atoms with Crippen molar-refractivity contribution in [3.8, 4) is 34.3 Å². The fraction of sp³-hybridized carbons (Fsp3) is 0.250. The van der Waals surface area contributed by atoms with E-state index < -0.39 is 15.2 Å². The van der Waals surface area contributed by atoms with Crippen LogP contribution >= 0.6 is 139 Å². The average molecular weight is 844 g/mol. The molecule has 2 aromatic carbocycles. The molecule has 0 atom stereocenters. The van der Waals surface area contributed by atoms with Gasteiger partial charge in [-0.15, -0.1) is 0 Å². The van der Waals surface area contributed by atoms with E-state index in [4.69, 9.17) is 149 Å². The monoisotopic (exact) mass is 838 g/mol. The molecule has 0 N–H and O–H groups in total. The van der Waals surface area contributed by atoms with Crippen LogP contribution in [-0.4, -0.2) is 44.1 Å². The maximum absolute atomic E-state index is 5.82. The molecule has 2 aromatic heterocycles. The zero-order valence-electron chi connectivity index (χ0n) is 21.7. The molecule has 0 amide bonds. The third-order valence-corrected chi connectivity index (χ3v) is 7.01. The van der Waals surface area contributed by atoms with Crippen LogP contribution in [-0.2, 0) is 15.2 Å². The predicted molar refractivity (Wildman–Crippen MR) is 181 cm³/mol. The van der Waals surface area contributed by atoms with Crippen molar-refractivity contribution in [2.75, 3.05) is 14.2 Å². The van der Waals surface area contributed by atoms with Crippen molar-refractivity contribution in [1.82, 2.24) is 29.9 Å². The predicted octanol–water partition coefficient (Wildman–Crippen LogP) is 10.4. The Kier molecular flexibility index (Phi) is 13.1. The molecule has 4 aromatic rings. The molecule has 0 spiro atoms. The molecule has 2 heterocycles. The van der Waals surface area contributed by atoms with Crippen LogP contribution in [0.1, 0.15) is 23.3 Å². The Morgan fingerprint density at radius 2 is 0.614 bits per heavy atom. The van der Waals surface area contributed by atoms with E-state index in [1.54, 1.807) is 62.8 Å². The van der Waals surface area contributed by atoms with Crippen LogP contribution in [0.5, 0.6) is 11.5 Å². The first-order valence-corrected chi connectivity index (χ1v) is 15.9. The Labute approximate surface area is 311 Å². The summed E-state index contributed by atoms with van der Waals surface area (Å²) >= 11 is 69.8. The third kappa shape index (κ3) is 10.8. The van der Waals surface area contributed by atoms with Crippen molar-refractivity contribution in [2.24, 2.45) is 0 Å². The summed E-state index contributed by atoms with van der Waals surface area (Å²) in [7, 11) is 3.11. The van der Waals surface area contributed by atoms with E-state index in [0.29, 0.717) is 22.6 Å². The Hall–Kier alpha value is -0.460. The first-order valence-electron chi connectivity index (χ1n) is 11.3. The van der Waals surface area contributed by atoms with Crippen LogP contribution in [0.4, 0.5) is 0 Å². The van der Waals surface area contributed by atoms with Gasteiger partial charge in [-0.2, -0.15) is 0 Å². The summed E-state index contributed by atoms with van der Waals surface area (Å²) in [5, 5.41) is 0. The average Bonchev–Trinajstić information content (AvgIpc) is 2.95. The quantitative estimate of drug-likeness (QED) is 0.188. The second-order valence-electron chi connectivity index (χ2n) is 8.06. The van der Waals surface area contributed by atoms with Crippen LogP contribution in [0.2, 0.25) is 0 Å². The van der Waals surface area contributed by atoms with Gasteiger partial charge in [0, 0.05) is 11.1 Å². The van der Waals surface area contributed by atoms with Crippen molar-refractivity contribution in [3.05, 3.63) is 71.8 Å². The Morgan fingerprint density at radius 1 is 0.386 bits per heavy atom. The van der Waals surface area contributed by atoms with E-state index in [0.717, 1.165) is 0 Å². The number of nitrogens with zero attached hydrogens (tertiary/aromatic N) is 6. The van der Waals surface area contributed by atoms with Crippen molar-refractivity contribution < 1.29 is 9.47 Å². The molecule has 0 unspecified atom stereocenters. The topological polar surface area (TPSA) is 95.8 Å². The van der Waals surface area contributed by atoms with Gasteiger partial charge in [0.15, 0.2) is 34.9 Å². The normalized spacial score (nSPS) is 12.3. The summed E-state index contributed by atoms with van der Waals surface area (Å²) in [6.45, 7) is 0. The number of aromatic nitrogens is 6. The molecule has 0 saturated heterocycles. The van der Waals surface area contributed by atoms with Gasteiger partial charge >= 0.3 is 0 Å². The van der Waals surface area contributed by atoms with E-state index in [-0.39, 0.29) is 34.9 Å². The number of rotatable bonds is 4. The minimum Gasteiger partial charge on any atom is -0.497 e. The van der Waals surface area contributed by atoms with Crippen LogP contribution in [0.3, 0.4) is 0 Å². The highest BCUT2D eigenvalue weighted by Gasteiger charge is 2.35. The smallest absolute Gasteiger partial charge is 0.250 e. The molecule has 44 heavy (non-hydrogen) atoms. The van der Waals surface area contributed by atoms with E-state index in [9.17, 15) is 0 Å². The fourth-order valence-corrected chi connectivity index (χ4v) is 4.01. The van der Waals surface area contributed by atoms with Gasteiger partial charge in [-0.3, -0.25) is 0 Å². The maximum Gasteiger partial charge on any atom is 0.250 e. The van der Waals surface area contributed by atoms with Crippen LogP contribution in [0.15, 0.2) is 48.5 Å². The van der Waals surface area contributed by atoms with Gasteiger partial charge < -0.3 is 9.47 Å². The van der Waals surface area contributed by atoms with Gasteiger partial charge in [0.05, 0.1) is 14.2 Å². The van der Waals surface area contributed by atoms with E-state index >= 15 is 0 Å². The Balaban J connectivity index is 0.000000240. The number of hydrogen-bond acceptors (Lipinski definition) is 8. The molecule has 0 aliphatic rings. The molecule has 0 radical (unpaired) electrons. The SMILES string of the molecule is COc1ccc(-c2nc(C(Cl)(Cl)Cl)nc(C(Cl)(Cl)Cl)n2)cc1.COc1ccc(-c2nc(C(Cl)(Cl)Cl)nc(C(Cl)(Cl)Cl)n2)cc1. The van der Waals surface area contributed by atoms with Crippen molar-refractivity contribution in [3.63, 3.8) is 0 Å². The molecular formula is C24H14Cl12N6O2. The molecule has 0 aliphatic heterocycles. The van der Waals surface area contributed by atoms with Crippen LogP contribution < -0.4 is 9.47 Å². The lowest BCUT2D eigenvalue weighted by Crippen LogP contribution is -2.16. The lowest BCUT2D eigenvalue weighted by Gasteiger charge is -2.15. The summed E-state index contributed by atoms with van der Waals surface area (Å²) in [4.78, 5) is 24.2.